The summed E-state index contributed by atoms with van der Waals surface area (Å²) in [4.78, 5) is 18.8. The van der Waals surface area contributed by atoms with E-state index < -0.39 is 5.97 Å². The third kappa shape index (κ3) is 4.06. The topological polar surface area (TPSA) is 63.1 Å². The molecule has 4 heteroatoms. The van der Waals surface area contributed by atoms with Gasteiger partial charge in [0.2, 0.25) is 0 Å². The van der Waals surface area contributed by atoms with Crippen molar-refractivity contribution in [3.05, 3.63) is 24.3 Å². The van der Waals surface area contributed by atoms with Crippen molar-refractivity contribution < 1.29 is 9.90 Å². The lowest BCUT2D eigenvalue weighted by molar-refractivity contribution is -0.137. The van der Waals surface area contributed by atoms with Crippen LogP contribution in [0.2, 0.25) is 0 Å². The van der Waals surface area contributed by atoms with Gasteiger partial charge in [0.25, 0.3) is 0 Å². The van der Waals surface area contributed by atoms with Crippen LogP contribution in [-0.4, -0.2) is 21.0 Å². The number of hydrogen-bond donors (Lipinski definition) is 1. The van der Waals surface area contributed by atoms with Gasteiger partial charge >= 0.3 is 5.97 Å². The predicted octanol–water partition coefficient (Wildman–Crippen LogP) is 2.08. The van der Waals surface area contributed by atoms with Gasteiger partial charge in [0.05, 0.1) is 12.1 Å². The summed E-state index contributed by atoms with van der Waals surface area (Å²) in [7, 11) is 0. The van der Waals surface area contributed by atoms with Gasteiger partial charge in [-0.05, 0) is 12.3 Å². The summed E-state index contributed by atoms with van der Waals surface area (Å²) in [6.45, 7) is 4.15. The summed E-state index contributed by atoms with van der Waals surface area (Å²) < 4.78 is 0. The van der Waals surface area contributed by atoms with Crippen molar-refractivity contribution in [2.75, 3.05) is 0 Å². The molecule has 4 nitrogen and oxygen atoms in total. The van der Waals surface area contributed by atoms with Gasteiger partial charge in [-0.2, -0.15) is 0 Å². The number of rotatable bonds is 5. The molecule has 0 saturated carbocycles. The second-order valence-corrected chi connectivity index (χ2v) is 4.05. The molecule has 1 heterocycles. The Bertz CT molecular complexity index is 312. The Morgan fingerprint density at radius 3 is 2.67 bits per heavy atom. The Morgan fingerprint density at radius 1 is 1.47 bits per heavy atom. The van der Waals surface area contributed by atoms with Crippen LogP contribution in [-0.2, 0) is 4.79 Å². The minimum atomic E-state index is -0.786. The largest absolute Gasteiger partial charge is 0.481 e. The molecule has 0 saturated heterocycles. The van der Waals surface area contributed by atoms with Crippen molar-refractivity contribution in [3.63, 3.8) is 0 Å². The summed E-state index contributed by atoms with van der Waals surface area (Å²) in [5, 5.41) is 8.81. The quantitative estimate of drug-likeness (QED) is 0.804. The van der Waals surface area contributed by atoms with Gasteiger partial charge in [-0.15, -0.1) is 0 Å². The van der Waals surface area contributed by atoms with Crippen molar-refractivity contribution in [3.8, 4) is 0 Å². The normalized spacial score (nSPS) is 12.7. The second-order valence-electron chi connectivity index (χ2n) is 4.05. The van der Waals surface area contributed by atoms with E-state index in [2.05, 4.69) is 23.8 Å². The maximum absolute atomic E-state index is 10.7. The summed E-state index contributed by atoms with van der Waals surface area (Å²) in [6.07, 6.45) is 5.79. The molecular formula is C11H16N2O2. The highest BCUT2D eigenvalue weighted by Gasteiger charge is 2.18. The highest BCUT2D eigenvalue weighted by Crippen LogP contribution is 2.24. The van der Waals surface area contributed by atoms with Crippen LogP contribution in [0.1, 0.15) is 38.3 Å². The van der Waals surface area contributed by atoms with Crippen LogP contribution in [0.4, 0.5) is 0 Å². The molecule has 0 radical (unpaired) electrons. The first-order chi connectivity index (χ1) is 7.09. The predicted molar refractivity (Wildman–Crippen MR) is 56.5 cm³/mol. The molecule has 0 aliphatic carbocycles. The molecule has 1 rings (SSSR count). The van der Waals surface area contributed by atoms with Gasteiger partial charge < -0.3 is 5.11 Å². The van der Waals surface area contributed by atoms with Crippen LogP contribution >= 0.6 is 0 Å². The summed E-state index contributed by atoms with van der Waals surface area (Å²) in [5.74, 6) is -0.362. The fraction of sp³-hybridized carbons (Fsp3) is 0.545. The molecule has 0 aromatic carbocycles. The molecule has 1 aromatic rings. The highest BCUT2D eigenvalue weighted by atomic mass is 16.4. The standard InChI is InChI=1S/C11H16N2O2/c1-8(2)5-9(6-11(14)15)10-7-12-3-4-13-10/h3-4,7-9H,5-6H2,1-2H3,(H,14,15). The number of hydrogen-bond acceptors (Lipinski definition) is 3. The number of nitrogens with zero attached hydrogens (tertiary/aromatic N) is 2. The minimum absolute atomic E-state index is 0.0313. The zero-order chi connectivity index (χ0) is 11.3. The Hall–Kier alpha value is -1.45. The van der Waals surface area contributed by atoms with E-state index in [0.717, 1.165) is 12.1 Å². The van der Waals surface area contributed by atoms with Crippen LogP contribution < -0.4 is 0 Å². The fourth-order valence-corrected chi connectivity index (χ4v) is 1.61. The molecule has 0 fully saturated rings. The smallest absolute Gasteiger partial charge is 0.304 e. The summed E-state index contributed by atoms with van der Waals surface area (Å²) in [5.41, 5.74) is 0.772. The molecular weight excluding hydrogens is 192 g/mol. The van der Waals surface area contributed by atoms with Gasteiger partial charge in [-0.3, -0.25) is 14.8 Å². The van der Waals surface area contributed by atoms with E-state index in [4.69, 9.17) is 5.11 Å². The van der Waals surface area contributed by atoms with E-state index in [9.17, 15) is 4.79 Å². The zero-order valence-corrected chi connectivity index (χ0v) is 9.05. The van der Waals surface area contributed by atoms with Crippen LogP contribution in [0.25, 0.3) is 0 Å². The molecule has 1 aromatic heterocycles. The molecule has 0 aliphatic heterocycles. The Labute approximate surface area is 89.4 Å². The van der Waals surface area contributed by atoms with Crippen LogP contribution in [0, 0.1) is 5.92 Å². The lowest BCUT2D eigenvalue weighted by atomic mass is 9.91. The van der Waals surface area contributed by atoms with Crippen LogP contribution in [0.15, 0.2) is 18.6 Å². The Kier molecular flexibility index (Phi) is 4.21. The number of aliphatic carboxylic acids is 1. The number of carbonyl (C=O) groups is 1. The molecule has 0 spiro atoms. The third-order valence-corrected chi connectivity index (χ3v) is 2.18. The first kappa shape index (κ1) is 11.6. The van der Waals surface area contributed by atoms with E-state index in [1.54, 1.807) is 18.6 Å². The van der Waals surface area contributed by atoms with E-state index in [-0.39, 0.29) is 12.3 Å². The third-order valence-electron chi connectivity index (χ3n) is 2.18. The van der Waals surface area contributed by atoms with E-state index in [1.165, 1.54) is 0 Å². The first-order valence-corrected chi connectivity index (χ1v) is 5.07. The monoisotopic (exact) mass is 208 g/mol. The SMILES string of the molecule is CC(C)CC(CC(=O)O)c1cnccn1. The highest BCUT2D eigenvalue weighted by molar-refractivity contribution is 5.67. The van der Waals surface area contributed by atoms with Gasteiger partial charge in [-0.25, -0.2) is 0 Å². The summed E-state index contributed by atoms with van der Waals surface area (Å²) >= 11 is 0. The number of aromatic nitrogens is 2. The van der Waals surface area contributed by atoms with Crippen molar-refractivity contribution in [1.29, 1.82) is 0 Å². The molecule has 1 N–H and O–H groups in total. The Balaban J connectivity index is 2.76. The summed E-state index contributed by atoms with van der Waals surface area (Å²) in [6, 6.07) is 0. The first-order valence-electron chi connectivity index (χ1n) is 5.07. The Morgan fingerprint density at radius 2 is 2.20 bits per heavy atom. The average molecular weight is 208 g/mol. The van der Waals surface area contributed by atoms with E-state index >= 15 is 0 Å². The molecule has 0 bridgehead atoms. The number of carboxylic acids is 1. The molecule has 82 valence electrons. The maximum atomic E-state index is 10.7. The van der Waals surface area contributed by atoms with Crippen molar-refractivity contribution >= 4 is 5.97 Å². The fourth-order valence-electron chi connectivity index (χ4n) is 1.61. The maximum Gasteiger partial charge on any atom is 0.304 e. The minimum Gasteiger partial charge on any atom is -0.481 e. The van der Waals surface area contributed by atoms with Crippen LogP contribution in [0.5, 0.6) is 0 Å². The van der Waals surface area contributed by atoms with Gasteiger partial charge in [0.1, 0.15) is 0 Å². The zero-order valence-electron chi connectivity index (χ0n) is 9.05. The molecule has 1 unspecified atom stereocenters. The lowest BCUT2D eigenvalue weighted by Gasteiger charge is -2.15. The van der Waals surface area contributed by atoms with Crippen molar-refractivity contribution in [2.45, 2.75) is 32.6 Å². The molecule has 15 heavy (non-hydrogen) atoms. The van der Waals surface area contributed by atoms with Crippen molar-refractivity contribution in [2.24, 2.45) is 5.92 Å². The van der Waals surface area contributed by atoms with Gasteiger partial charge in [0.15, 0.2) is 0 Å². The lowest BCUT2D eigenvalue weighted by Crippen LogP contribution is -2.10. The average Bonchev–Trinajstić information content (AvgIpc) is 2.17. The molecule has 1 atom stereocenters. The second kappa shape index (κ2) is 5.44. The van der Waals surface area contributed by atoms with Gasteiger partial charge in [-0.1, -0.05) is 13.8 Å². The molecule has 0 amide bonds. The van der Waals surface area contributed by atoms with Gasteiger partial charge in [0, 0.05) is 24.5 Å². The van der Waals surface area contributed by atoms with E-state index in [1.807, 2.05) is 0 Å². The van der Waals surface area contributed by atoms with Crippen molar-refractivity contribution in [1.82, 2.24) is 9.97 Å². The number of carboxylic acid groups (broad SMARTS) is 1. The van der Waals surface area contributed by atoms with Crippen LogP contribution in [0.3, 0.4) is 0 Å². The molecule has 0 aliphatic rings. The van der Waals surface area contributed by atoms with E-state index in [0.29, 0.717) is 5.92 Å².